The van der Waals surface area contributed by atoms with Gasteiger partial charge in [-0.25, -0.2) is 15.0 Å². The van der Waals surface area contributed by atoms with Crippen LogP contribution < -0.4 is 9.80 Å². The number of hydrogen-bond donors (Lipinski definition) is 1. The van der Waals surface area contributed by atoms with E-state index in [1.807, 2.05) is 17.8 Å². The monoisotopic (exact) mass is 507 g/mol. The summed E-state index contributed by atoms with van der Waals surface area (Å²) < 4.78 is 5.34. The first-order valence-electron chi connectivity index (χ1n) is 12.2. The number of thioether (sulfide) groups is 1. The van der Waals surface area contributed by atoms with Gasteiger partial charge in [0.1, 0.15) is 4.75 Å². The first kappa shape index (κ1) is 26.7. The highest BCUT2D eigenvalue weighted by molar-refractivity contribution is 8.02. The third-order valence-electron chi connectivity index (χ3n) is 5.84. The van der Waals surface area contributed by atoms with Gasteiger partial charge in [0.25, 0.3) is 0 Å². The van der Waals surface area contributed by atoms with Crippen molar-refractivity contribution in [3.05, 3.63) is 23.5 Å². The number of anilines is 2. The first-order chi connectivity index (χ1) is 16.4. The average molecular weight is 508 g/mol. The van der Waals surface area contributed by atoms with Crippen molar-refractivity contribution in [2.75, 3.05) is 49.2 Å². The van der Waals surface area contributed by atoms with Crippen molar-refractivity contribution in [1.82, 2.24) is 15.0 Å². The summed E-state index contributed by atoms with van der Waals surface area (Å²) in [6.45, 7) is 10.6. The molecule has 3 heterocycles. The Morgan fingerprint density at radius 3 is 2.56 bits per heavy atom. The van der Waals surface area contributed by atoms with Gasteiger partial charge < -0.3 is 19.6 Å². The quantitative estimate of drug-likeness (QED) is 0.287. The van der Waals surface area contributed by atoms with Crippen molar-refractivity contribution in [3.8, 4) is 0 Å². The van der Waals surface area contributed by atoms with E-state index in [0.29, 0.717) is 0 Å². The number of morpholine rings is 1. The van der Waals surface area contributed by atoms with Gasteiger partial charge in [0, 0.05) is 38.0 Å². The summed E-state index contributed by atoms with van der Waals surface area (Å²) >= 11 is 2.81. The normalized spacial score (nSPS) is 14.4. The maximum Gasteiger partial charge on any atom is 0.319 e. The summed E-state index contributed by atoms with van der Waals surface area (Å²) in [5, 5.41) is 11.4. The molecule has 1 aliphatic rings. The number of aromatic nitrogens is 3. The van der Waals surface area contributed by atoms with Gasteiger partial charge in [-0.05, 0) is 20.3 Å². The third-order valence-corrected chi connectivity index (χ3v) is 8.01. The second-order valence-electron chi connectivity index (χ2n) is 9.01. The number of hydrogen-bond acceptors (Lipinski definition) is 9. The van der Waals surface area contributed by atoms with Gasteiger partial charge >= 0.3 is 5.97 Å². The molecule has 1 aliphatic heterocycles. The van der Waals surface area contributed by atoms with E-state index in [2.05, 4.69) is 21.7 Å². The molecule has 0 atom stereocenters. The molecular formula is C24H37N5O3S2. The van der Waals surface area contributed by atoms with E-state index in [4.69, 9.17) is 14.7 Å². The molecule has 0 bridgehead atoms. The van der Waals surface area contributed by atoms with Crippen LogP contribution >= 0.6 is 23.1 Å². The van der Waals surface area contributed by atoms with Crippen LogP contribution in [0.2, 0.25) is 0 Å². The van der Waals surface area contributed by atoms with Gasteiger partial charge in [0.2, 0.25) is 5.95 Å². The number of thiazole rings is 1. The van der Waals surface area contributed by atoms with Gasteiger partial charge in [-0.2, -0.15) is 0 Å². The van der Waals surface area contributed by atoms with Crippen LogP contribution in [-0.2, 0) is 16.0 Å². The molecule has 8 nitrogen and oxygen atoms in total. The predicted molar refractivity (Wildman–Crippen MR) is 139 cm³/mol. The summed E-state index contributed by atoms with van der Waals surface area (Å²) in [6.07, 6.45) is 10.7. The fourth-order valence-electron chi connectivity index (χ4n) is 3.64. The number of unbranched alkanes of at least 4 members (excludes halogenated alkanes) is 4. The number of ether oxygens (including phenoxy) is 1. The molecule has 3 rings (SSSR count). The molecule has 2 aromatic heterocycles. The molecule has 1 saturated heterocycles. The Morgan fingerprint density at radius 2 is 1.88 bits per heavy atom. The molecule has 0 radical (unpaired) electrons. The molecule has 0 aliphatic carbocycles. The summed E-state index contributed by atoms with van der Waals surface area (Å²) in [6, 6.07) is 0. The molecule has 2 aromatic rings. The minimum atomic E-state index is -0.893. The fourth-order valence-corrected chi connectivity index (χ4v) is 5.87. The van der Waals surface area contributed by atoms with Crippen molar-refractivity contribution in [1.29, 1.82) is 0 Å². The van der Waals surface area contributed by atoms with Crippen LogP contribution in [0.1, 0.15) is 58.6 Å². The van der Waals surface area contributed by atoms with Crippen molar-refractivity contribution < 1.29 is 14.6 Å². The van der Waals surface area contributed by atoms with Crippen molar-refractivity contribution in [3.63, 3.8) is 0 Å². The molecule has 0 spiro atoms. The fraction of sp³-hybridized carbons (Fsp3) is 0.667. The lowest BCUT2D eigenvalue weighted by Crippen LogP contribution is -2.36. The zero-order chi connectivity index (χ0) is 24.4. The Bertz CT molecular complexity index is 885. The lowest BCUT2D eigenvalue weighted by molar-refractivity contribution is -0.138. The average Bonchev–Trinajstić information content (AvgIpc) is 3.28. The van der Waals surface area contributed by atoms with Gasteiger partial charge in [0.15, 0.2) is 4.34 Å². The van der Waals surface area contributed by atoms with Crippen LogP contribution in [0.15, 0.2) is 22.1 Å². The van der Waals surface area contributed by atoms with E-state index >= 15 is 0 Å². The number of carboxylic acids is 1. The molecule has 10 heteroatoms. The van der Waals surface area contributed by atoms with E-state index < -0.39 is 10.7 Å². The summed E-state index contributed by atoms with van der Waals surface area (Å²) in [5.41, 5.74) is 2.02. The lowest BCUT2D eigenvalue weighted by atomic mass is 10.1. The SMILES string of the molecule is CCCCCCCN(CCc1csc(SC(C)(C)C(=O)O)n1)c1ncc(N2CCOCC2)cn1. The number of nitrogens with zero attached hydrogens (tertiary/aromatic N) is 5. The van der Waals surface area contributed by atoms with Crippen LogP contribution in [0.5, 0.6) is 0 Å². The van der Waals surface area contributed by atoms with Crippen LogP contribution in [0.3, 0.4) is 0 Å². The van der Waals surface area contributed by atoms with Gasteiger partial charge in [-0.3, -0.25) is 4.79 Å². The molecule has 1 fully saturated rings. The Hall–Kier alpha value is -1.91. The topological polar surface area (TPSA) is 91.7 Å². The summed E-state index contributed by atoms with van der Waals surface area (Å²) in [7, 11) is 0. The molecule has 34 heavy (non-hydrogen) atoms. The number of carboxylic acid groups (broad SMARTS) is 1. The Labute approximate surface area is 211 Å². The van der Waals surface area contributed by atoms with Crippen LogP contribution in [0.4, 0.5) is 11.6 Å². The van der Waals surface area contributed by atoms with Crippen molar-refractivity contribution in [2.45, 2.75) is 68.4 Å². The van der Waals surface area contributed by atoms with Gasteiger partial charge in [0.05, 0.1) is 37.0 Å². The van der Waals surface area contributed by atoms with E-state index in [9.17, 15) is 9.90 Å². The summed E-state index contributed by atoms with van der Waals surface area (Å²) in [5.74, 6) is -0.0782. The Balaban J connectivity index is 1.62. The van der Waals surface area contributed by atoms with Crippen LogP contribution in [-0.4, -0.2) is 70.2 Å². The molecule has 188 valence electrons. The molecule has 0 amide bonds. The second kappa shape index (κ2) is 13.3. The maximum absolute atomic E-state index is 11.4. The molecule has 0 saturated carbocycles. The zero-order valence-electron chi connectivity index (χ0n) is 20.5. The minimum absolute atomic E-state index is 0.739. The summed E-state index contributed by atoms with van der Waals surface area (Å²) in [4.78, 5) is 30.0. The molecule has 1 N–H and O–H groups in total. The third kappa shape index (κ3) is 8.09. The highest BCUT2D eigenvalue weighted by atomic mass is 32.2. The molecule has 0 unspecified atom stereocenters. The maximum atomic E-state index is 11.4. The van der Waals surface area contributed by atoms with Gasteiger partial charge in [-0.15, -0.1) is 11.3 Å². The van der Waals surface area contributed by atoms with Crippen LogP contribution in [0.25, 0.3) is 0 Å². The number of rotatable bonds is 14. The number of carbonyl (C=O) groups is 1. The smallest absolute Gasteiger partial charge is 0.319 e. The minimum Gasteiger partial charge on any atom is -0.480 e. The van der Waals surface area contributed by atoms with E-state index in [1.165, 1.54) is 48.8 Å². The molecule has 0 aromatic carbocycles. The van der Waals surface area contributed by atoms with E-state index in [0.717, 1.165) is 73.9 Å². The van der Waals surface area contributed by atoms with Crippen molar-refractivity contribution in [2.24, 2.45) is 0 Å². The van der Waals surface area contributed by atoms with Crippen molar-refractivity contribution >= 4 is 40.7 Å². The highest BCUT2D eigenvalue weighted by Gasteiger charge is 2.29. The Morgan fingerprint density at radius 1 is 1.18 bits per heavy atom. The Kier molecular flexibility index (Phi) is 10.4. The van der Waals surface area contributed by atoms with Crippen LogP contribution in [0, 0.1) is 0 Å². The predicted octanol–water partition coefficient (Wildman–Crippen LogP) is 4.74. The van der Waals surface area contributed by atoms with E-state index in [-0.39, 0.29) is 0 Å². The lowest BCUT2D eigenvalue weighted by Gasteiger charge is -2.29. The zero-order valence-corrected chi connectivity index (χ0v) is 22.2. The largest absolute Gasteiger partial charge is 0.480 e. The number of aliphatic carboxylic acids is 1. The second-order valence-corrected chi connectivity index (χ2v) is 11.7. The van der Waals surface area contributed by atoms with E-state index in [1.54, 1.807) is 13.8 Å². The highest BCUT2D eigenvalue weighted by Crippen LogP contribution is 2.34. The molecular weight excluding hydrogens is 470 g/mol. The first-order valence-corrected chi connectivity index (χ1v) is 13.8. The van der Waals surface area contributed by atoms with Gasteiger partial charge in [-0.1, -0.05) is 44.4 Å². The standard InChI is InChI=1S/C24H37N5O3S2/c1-4-5-6-7-8-10-29(22-25-16-20(17-26-22)28-12-14-32-15-13-28)11-9-19-18-33-23(27-19)34-24(2,3)21(30)31/h16-18H,4-15H2,1-3H3,(H,30,31).